The standard InChI is InChI=1S/C17H23FN6/c1-13-8-16(21-17(20-13)22(2)3)24-6-4-23(5-7-24)12-14-9-15(18)11-19-10-14/h8-11H,4-7,12H2,1-3H3. The Morgan fingerprint density at radius 1 is 1.08 bits per heavy atom. The van der Waals surface area contributed by atoms with E-state index in [1.165, 1.54) is 6.20 Å². The van der Waals surface area contributed by atoms with Crippen molar-refractivity contribution in [3.63, 3.8) is 0 Å². The zero-order valence-electron chi connectivity index (χ0n) is 14.4. The fraction of sp³-hybridized carbons (Fsp3) is 0.471. The van der Waals surface area contributed by atoms with Crippen molar-refractivity contribution in [3.8, 4) is 0 Å². The summed E-state index contributed by atoms with van der Waals surface area (Å²) >= 11 is 0. The Hall–Kier alpha value is -2.28. The van der Waals surface area contributed by atoms with E-state index in [4.69, 9.17) is 0 Å². The van der Waals surface area contributed by atoms with Gasteiger partial charge in [-0.1, -0.05) is 0 Å². The number of pyridine rings is 1. The molecule has 1 saturated heterocycles. The fourth-order valence-corrected chi connectivity index (χ4v) is 2.83. The maximum atomic E-state index is 13.2. The molecule has 3 heterocycles. The van der Waals surface area contributed by atoms with Gasteiger partial charge in [-0.15, -0.1) is 0 Å². The third-order valence-electron chi connectivity index (χ3n) is 4.09. The van der Waals surface area contributed by atoms with Crippen LogP contribution in [0.5, 0.6) is 0 Å². The van der Waals surface area contributed by atoms with Crippen molar-refractivity contribution in [2.45, 2.75) is 13.5 Å². The van der Waals surface area contributed by atoms with Crippen LogP contribution < -0.4 is 9.80 Å². The van der Waals surface area contributed by atoms with Gasteiger partial charge in [-0.05, 0) is 18.6 Å². The van der Waals surface area contributed by atoms with Crippen LogP contribution in [0, 0.1) is 12.7 Å². The van der Waals surface area contributed by atoms with Gasteiger partial charge in [-0.3, -0.25) is 9.88 Å². The van der Waals surface area contributed by atoms with Gasteiger partial charge < -0.3 is 9.80 Å². The number of aryl methyl sites for hydroxylation is 1. The molecule has 128 valence electrons. The predicted octanol–water partition coefficient (Wildman–Crippen LogP) is 1.71. The topological polar surface area (TPSA) is 48.4 Å². The highest BCUT2D eigenvalue weighted by Gasteiger charge is 2.19. The van der Waals surface area contributed by atoms with Crippen LogP contribution >= 0.6 is 0 Å². The van der Waals surface area contributed by atoms with Gasteiger partial charge in [-0.2, -0.15) is 4.98 Å². The zero-order valence-corrected chi connectivity index (χ0v) is 14.4. The molecule has 0 radical (unpaired) electrons. The van der Waals surface area contributed by atoms with Crippen molar-refractivity contribution < 1.29 is 4.39 Å². The van der Waals surface area contributed by atoms with Crippen LogP contribution in [0.3, 0.4) is 0 Å². The van der Waals surface area contributed by atoms with Crippen LogP contribution in [0.25, 0.3) is 0 Å². The molecule has 0 spiro atoms. The van der Waals surface area contributed by atoms with Gasteiger partial charge in [0.1, 0.15) is 11.6 Å². The summed E-state index contributed by atoms with van der Waals surface area (Å²) in [6.07, 6.45) is 2.97. The summed E-state index contributed by atoms with van der Waals surface area (Å²) in [4.78, 5) is 19.5. The first kappa shape index (κ1) is 16.6. The Morgan fingerprint density at radius 3 is 2.50 bits per heavy atom. The quantitative estimate of drug-likeness (QED) is 0.851. The van der Waals surface area contributed by atoms with Gasteiger partial charge in [0.05, 0.1) is 6.20 Å². The van der Waals surface area contributed by atoms with Crippen molar-refractivity contribution in [1.29, 1.82) is 0 Å². The molecule has 24 heavy (non-hydrogen) atoms. The number of hydrogen-bond donors (Lipinski definition) is 0. The second kappa shape index (κ2) is 7.09. The molecule has 0 aromatic carbocycles. The number of anilines is 2. The van der Waals surface area contributed by atoms with E-state index in [0.717, 1.165) is 55.7 Å². The molecule has 3 rings (SSSR count). The molecule has 1 aliphatic rings. The molecule has 0 unspecified atom stereocenters. The molecule has 2 aromatic rings. The Labute approximate surface area is 142 Å². The molecule has 0 bridgehead atoms. The van der Waals surface area contributed by atoms with Crippen LogP contribution in [0.2, 0.25) is 0 Å². The second-order valence-electron chi connectivity index (χ2n) is 6.34. The lowest BCUT2D eigenvalue weighted by Crippen LogP contribution is -2.46. The van der Waals surface area contributed by atoms with Crippen LogP contribution in [0.15, 0.2) is 24.5 Å². The first-order valence-corrected chi connectivity index (χ1v) is 8.11. The molecule has 0 aliphatic carbocycles. The summed E-state index contributed by atoms with van der Waals surface area (Å²) < 4.78 is 13.2. The fourth-order valence-electron chi connectivity index (χ4n) is 2.83. The molecule has 7 heteroatoms. The number of piperazine rings is 1. The largest absolute Gasteiger partial charge is 0.354 e. The first-order valence-electron chi connectivity index (χ1n) is 8.11. The number of aromatic nitrogens is 3. The number of nitrogens with zero attached hydrogens (tertiary/aromatic N) is 6. The van der Waals surface area contributed by atoms with Gasteiger partial charge in [-0.25, -0.2) is 9.37 Å². The molecular weight excluding hydrogens is 307 g/mol. The predicted molar refractivity (Wildman–Crippen MR) is 92.8 cm³/mol. The maximum Gasteiger partial charge on any atom is 0.226 e. The average Bonchev–Trinajstić information content (AvgIpc) is 2.55. The summed E-state index contributed by atoms with van der Waals surface area (Å²) in [6, 6.07) is 3.58. The van der Waals surface area contributed by atoms with Crippen molar-refractivity contribution in [3.05, 3.63) is 41.6 Å². The van der Waals surface area contributed by atoms with E-state index < -0.39 is 0 Å². The van der Waals surface area contributed by atoms with Gasteiger partial charge in [0.25, 0.3) is 0 Å². The number of rotatable bonds is 4. The van der Waals surface area contributed by atoms with Gasteiger partial charge in [0.2, 0.25) is 5.95 Å². The lowest BCUT2D eigenvalue weighted by atomic mass is 10.2. The highest BCUT2D eigenvalue weighted by Crippen LogP contribution is 2.18. The maximum absolute atomic E-state index is 13.2. The van der Waals surface area contributed by atoms with E-state index in [1.54, 1.807) is 12.3 Å². The Balaban J connectivity index is 1.63. The smallest absolute Gasteiger partial charge is 0.226 e. The van der Waals surface area contributed by atoms with Crippen LogP contribution in [-0.4, -0.2) is 60.1 Å². The summed E-state index contributed by atoms with van der Waals surface area (Å²) in [5, 5.41) is 0. The average molecular weight is 330 g/mol. The lowest BCUT2D eigenvalue weighted by molar-refractivity contribution is 0.248. The van der Waals surface area contributed by atoms with Crippen molar-refractivity contribution >= 4 is 11.8 Å². The summed E-state index contributed by atoms with van der Waals surface area (Å²) in [5.74, 6) is 1.43. The Kier molecular flexibility index (Phi) is 4.89. The summed E-state index contributed by atoms with van der Waals surface area (Å²) in [6.45, 7) is 6.33. The Bertz CT molecular complexity index is 697. The minimum absolute atomic E-state index is 0.279. The highest BCUT2D eigenvalue weighted by atomic mass is 19.1. The Morgan fingerprint density at radius 2 is 1.83 bits per heavy atom. The molecule has 0 N–H and O–H groups in total. The van der Waals surface area contributed by atoms with Gasteiger partial charge in [0.15, 0.2) is 0 Å². The zero-order chi connectivity index (χ0) is 17.1. The minimum atomic E-state index is -0.279. The molecule has 6 nitrogen and oxygen atoms in total. The van der Waals surface area contributed by atoms with Crippen molar-refractivity contribution in [2.75, 3.05) is 50.1 Å². The lowest BCUT2D eigenvalue weighted by Gasteiger charge is -2.35. The van der Waals surface area contributed by atoms with Gasteiger partial charge in [0, 0.05) is 64.8 Å². The van der Waals surface area contributed by atoms with Gasteiger partial charge >= 0.3 is 0 Å². The molecule has 1 aliphatic heterocycles. The molecular formula is C17H23FN6. The van der Waals surface area contributed by atoms with E-state index in [1.807, 2.05) is 32.0 Å². The van der Waals surface area contributed by atoms with Crippen LogP contribution in [0.1, 0.15) is 11.3 Å². The van der Waals surface area contributed by atoms with E-state index in [9.17, 15) is 4.39 Å². The summed E-state index contributed by atoms with van der Waals surface area (Å²) in [7, 11) is 3.90. The molecule has 0 amide bonds. The highest BCUT2D eigenvalue weighted by molar-refractivity contribution is 5.45. The van der Waals surface area contributed by atoms with Crippen molar-refractivity contribution in [2.24, 2.45) is 0 Å². The van der Waals surface area contributed by atoms with E-state index >= 15 is 0 Å². The molecule has 2 aromatic heterocycles. The monoisotopic (exact) mass is 330 g/mol. The third kappa shape index (κ3) is 3.97. The van der Waals surface area contributed by atoms with Crippen LogP contribution in [-0.2, 0) is 6.54 Å². The van der Waals surface area contributed by atoms with Crippen molar-refractivity contribution in [1.82, 2.24) is 19.9 Å². The molecule has 0 saturated carbocycles. The summed E-state index contributed by atoms with van der Waals surface area (Å²) in [5.41, 5.74) is 1.88. The van der Waals surface area contributed by atoms with E-state index in [2.05, 4.69) is 24.8 Å². The number of hydrogen-bond acceptors (Lipinski definition) is 6. The molecule has 1 fully saturated rings. The number of halogens is 1. The normalized spacial score (nSPS) is 15.6. The minimum Gasteiger partial charge on any atom is -0.354 e. The molecule has 0 atom stereocenters. The third-order valence-corrected chi connectivity index (χ3v) is 4.09. The first-order chi connectivity index (χ1) is 11.5. The van der Waals surface area contributed by atoms with E-state index in [0.29, 0.717) is 0 Å². The van der Waals surface area contributed by atoms with E-state index in [-0.39, 0.29) is 5.82 Å². The van der Waals surface area contributed by atoms with Crippen LogP contribution in [0.4, 0.5) is 16.2 Å². The SMILES string of the molecule is Cc1cc(N2CCN(Cc3cncc(F)c3)CC2)nc(N(C)C)n1. The second-order valence-corrected chi connectivity index (χ2v) is 6.34.